The first-order valence-electron chi connectivity index (χ1n) is 9.76. The molecule has 0 unspecified atom stereocenters. The molecule has 1 saturated heterocycles. The van der Waals surface area contributed by atoms with Gasteiger partial charge in [0.25, 0.3) is 0 Å². The molecule has 29 heavy (non-hydrogen) atoms. The van der Waals surface area contributed by atoms with E-state index in [1.807, 2.05) is 60.4 Å². The Morgan fingerprint density at radius 3 is 2.59 bits per heavy atom. The van der Waals surface area contributed by atoms with E-state index in [4.69, 9.17) is 16.1 Å². The monoisotopic (exact) mass is 410 g/mol. The molecule has 1 amide bonds. The van der Waals surface area contributed by atoms with Crippen LogP contribution in [0.4, 0.5) is 5.69 Å². The fourth-order valence-corrected chi connectivity index (χ4v) is 3.62. The maximum atomic E-state index is 12.6. The smallest absolute Gasteiger partial charge is 0.227 e. The van der Waals surface area contributed by atoms with Gasteiger partial charge >= 0.3 is 0 Å². The summed E-state index contributed by atoms with van der Waals surface area (Å²) in [6.45, 7) is 5.02. The predicted molar refractivity (Wildman–Crippen MR) is 113 cm³/mol. The number of benzene rings is 2. The van der Waals surface area contributed by atoms with Crippen molar-refractivity contribution in [2.24, 2.45) is 0 Å². The summed E-state index contributed by atoms with van der Waals surface area (Å²) in [5, 5.41) is 4.76. The minimum atomic E-state index is 0.117. The van der Waals surface area contributed by atoms with E-state index < -0.39 is 0 Å². The van der Waals surface area contributed by atoms with Gasteiger partial charge < -0.3 is 14.3 Å². The van der Waals surface area contributed by atoms with E-state index >= 15 is 0 Å². The van der Waals surface area contributed by atoms with Gasteiger partial charge in [-0.3, -0.25) is 4.79 Å². The number of carbonyl (C=O) groups is 1. The molecule has 2 aromatic carbocycles. The van der Waals surface area contributed by atoms with E-state index in [1.54, 1.807) is 0 Å². The van der Waals surface area contributed by atoms with Crippen molar-refractivity contribution in [2.75, 3.05) is 31.1 Å². The number of aromatic nitrogens is 2. The first-order valence-corrected chi connectivity index (χ1v) is 10.1. The van der Waals surface area contributed by atoms with Crippen molar-refractivity contribution in [1.82, 2.24) is 15.0 Å². The van der Waals surface area contributed by atoms with Gasteiger partial charge in [0.2, 0.25) is 17.6 Å². The van der Waals surface area contributed by atoms with Crippen LogP contribution in [0.5, 0.6) is 0 Å². The van der Waals surface area contributed by atoms with Crippen molar-refractivity contribution < 1.29 is 9.32 Å². The Bertz CT molecular complexity index is 978. The van der Waals surface area contributed by atoms with Crippen LogP contribution in [-0.2, 0) is 11.2 Å². The van der Waals surface area contributed by atoms with Gasteiger partial charge in [-0.1, -0.05) is 52.7 Å². The SMILES string of the molecule is Cc1ccc(-c2noc(CCC(=O)N3CCN(c4cccc(Cl)c4)CC3)n2)cc1. The van der Waals surface area contributed by atoms with Crippen LogP contribution in [0.1, 0.15) is 17.9 Å². The number of halogens is 1. The van der Waals surface area contributed by atoms with Crippen LogP contribution in [0.3, 0.4) is 0 Å². The van der Waals surface area contributed by atoms with Gasteiger partial charge in [0, 0.05) is 55.3 Å². The summed E-state index contributed by atoms with van der Waals surface area (Å²) in [6.07, 6.45) is 0.818. The second-order valence-electron chi connectivity index (χ2n) is 7.23. The molecule has 150 valence electrons. The summed E-state index contributed by atoms with van der Waals surface area (Å²) in [7, 11) is 0. The van der Waals surface area contributed by atoms with Crippen LogP contribution in [-0.4, -0.2) is 47.1 Å². The summed E-state index contributed by atoms with van der Waals surface area (Å²) >= 11 is 6.08. The molecule has 3 aromatic rings. The Labute approximate surface area is 175 Å². The van der Waals surface area contributed by atoms with Crippen LogP contribution in [0.15, 0.2) is 53.1 Å². The van der Waals surface area contributed by atoms with E-state index in [2.05, 4.69) is 15.0 Å². The standard InChI is InChI=1S/C22H23ClN4O2/c1-16-5-7-17(8-6-16)22-24-20(29-25-22)9-10-21(28)27-13-11-26(12-14-27)19-4-2-3-18(23)15-19/h2-8,15H,9-14H2,1H3. The average molecular weight is 411 g/mol. The van der Waals surface area contributed by atoms with Gasteiger partial charge in [0.05, 0.1) is 0 Å². The zero-order chi connectivity index (χ0) is 20.2. The number of carbonyl (C=O) groups excluding carboxylic acids is 1. The molecule has 7 heteroatoms. The normalized spacial score (nSPS) is 14.3. The highest BCUT2D eigenvalue weighted by atomic mass is 35.5. The van der Waals surface area contributed by atoms with Crippen LogP contribution in [0, 0.1) is 6.92 Å². The molecular formula is C22H23ClN4O2. The fraction of sp³-hybridized carbons (Fsp3) is 0.318. The van der Waals surface area contributed by atoms with E-state index in [9.17, 15) is 4.79 Å². The molecule has 2 heterocycles. The molecular weight excluding hydrogens is 388 g/mol. The summed E-state index contributed by atoms with van der Waals surface area (Å²) in [5.74, 6) is 1.17. The van der Waals surface area contributed by atoms with Gasteiger partial charge in [0.1, 0.15) is 0 Å². The van der Waals surface area contributed by atoms with Crippen LogP contribution < -0.4 is 4.90 Å². The lowest BCUT2D eigenvalue weighted by Gasteiger charge is -2.36. The molecule has 0 saturated carbocycles. The number of anilines is 1. The van der Waals surface area contributed by atoms with E-state index in [0.717, 1.165) is 29.4 Å². The van der Waals surface area contributed by atoms with Crippen LogP contribution in [0.25, 0.3) is 11.4 Å². The maximum Gasteiger partial charge on any atom is 0.227 e. The first kappa shape index (κ1) is 19.5. The number of hydrogen-bond donors (Lipinski definition) is 0. The van der Waals surface area contributed by atoms with Crippen molar-refractivity contribution in [2.45, 2.75) is 19.8 Å². The van der Waals surface area contributed by atoms with Crippen molar-refractivity contribution in [1.29, 1.82) is 0 Å². The lowest BCUT2D eigenvalue weighted by Crippen LogP contribution is -2.48. The Morgan fingerprint density at radius 2 is 1.86 bits per heavy atom. The molecule has 4 rings (SSSR count). The summed E-state index contributed by atoms with van der Waals surface area (Å²) in [6, 6.07) is 15.8. The second kappa shape index (κ2) is 8.66. The van der Waals surface area contributed by atoms with Crippen molar-refractivity contribution in [3.8, 4) is 11.4 Å². The third-order valence-electron chi connectivity index (χ3n) is 5.14. The van der Waals surface area contributed by atoms with E-state index in [1.165, 1.54) is 5.56 Å². The van der Waals surface area contributed by atoms with E-state index in [-0.39, 0.29) is 5.91 Å². The Morgan fingerprint density at radius 1 is 1.10 bits per heavy atom. The lowest BCUT2D eigenvalue weighted by atomic mass is 10.1. The minimum Gasteiger partial charge on any atom is -0.368 e. The van der Waals surface area contributed by atoms with Crippen molar-refractivity contribution in [3.63, 3.8) is 0 Å². The number of hydrogen-bond acceptors (Lipinski definition) is 5. The quantitative estimate of drug-likeness (QED) is 0.636. The zero-order valence-electron chi connectivity index (χ0n) is 16.3. The number of rotatable bonds is 5. The number of aryl methyl sites for hydroxylation is 2. The van der Waals surface area contributed by atoms with Gasteiger partial charge in [-0.2, -0.15) is 4.98 Å². The Hall–Kier alpha value is -2.86. The third-order valence-corrected chi connectivity index (χ3v) is 5.37. The molecule has 1 aromatic heterocycles. The van der Waals surface area contributed by atoms with Crippen LogP contribution in [0.2, 0.25) is 5.02 Å². The minimum absolute atomic E-state index is 0.117. The van der Waals surface area contributed by atoms with Gasteiger partial charge in [-0.15, -0.1) is 0 Å². The highest BCUT2D eigenvalue weighted by molar-refractivity contribution is 6.30. The molecule has 0 aliphatic carbocycles. The Balaban J connectivity index is 1.28. The molecule has 6 nitrogen and oxygen atoms in total. The van der Waals surface area contributed by atoms with Crippen molar-refractivity contribution >= 4 is 23.2 Å². The molecule has 1 fully saturated rings. The molecule has 0 bridgehead atoms. The largest absolute Gasteiger partial charge is 0.368 e. The maximum absolute atomic E-state index is 12.6. The molecule has 1 aliphatic rings. The van der Waals surface area contributed by atoms with Crippen molar-refractivity contribution in [3.05, 3.63) is 65.0 Å². The number of nitrogens with zero attached hydrogens (tertiary/aromatic N) is 4. The number of amides is 1. The number of piperazine rings is 1. The summed E-state index contributed by atoms with van der Waals surface area (Å²) in [4.78, 5) is 21.1. The third kappa shape index (κ3) is 4.77. The average Bonchev–Trinajstić information content (AvgIpc) is 3.22. The van der Waals surface area contributed by atoms with Crippen LogP contribution >= 0.6 is 11.6 Å². The zero-order valence-corrected chi connectivity index (χ0v) is 17.1. The first-order chi connectivity index (χ1) is 14.1. The fourth-order valence-electron chi connectivity index (χ4n) is 3.44. The van der Waals surface area contributed by atoms with E-state index in [0.29, 0.717) is 37.6 Å². The molecule has 0 N–H and O–H groups in total. The predicted octanol–water partition coefficient (Wildman–Crippen LogP) is 3.98. The molecule has 1 aliphatic heterocycles. The highest BCUT2D eigenvalue weighted by Gasteiger charge is 2.22. The second-order valence-corrected chi connectivity index (χ2v) is 7.66. The molecule has 0 atom stereocenters. The topological polar surface area (TPSA) is 62.5 Å². The van der Waals surface area contributed by atoms with Gasteiger partial charge in [-0.05, 0) is 25.1 Å². The lowest BCUT2D eigenvalue weighted by molar-refractivity contribution is -0.131. The summed E-state index contributed by atoms with van der Waals surface area (Å²) in [5.41, 5.74) is 3.19. The Kier molecular flexibility index (Phi) is 5.81. The molecule has 0 spiro atoms. The highest BCUT2D eigenvalue weighted by Crippen LogP contribution is 2.21. The summed E-state index contributed by atoms with van der Waals surface area (Å²) < 4.78 is 5.32. The van der Waals surface area contributed by atoms with Gasteiger partial charge in [-0.25, -0.2) is 0 Å². The molecule has 0 radical (unpaired) electrons. The van der Waals surface area contributed by atoms with Gasteiger partial charge in [0.15, 0.2) is 0 Å².